The van der Waals surface area contributed by atoms with Crippen molar-refractivity contribution >= 4 is 11.7 Å². The standard InChI is InChI=1S/C27H40N2O5/c1-6-8-10-20(11-9-7-2)14-15-28-26(31)18-22(30)17-23-19(3)34-27(29-23)21-12-13-24(32-4)25(16-21)33-5/h12-13,16,20H,6-11,14-15,17-18H2,1-5H3,(H,28,31). The first-order chi connectivity index (χ1) is 16.4. The van der Waals surface area contributed by atoms with Gasteiger partial charge in [0.15, 0.2) is 11.5 Å². The van der Waals surface area contributed by atoms with Gasteiger partial charge in [-0.2, -0.15) is 0 Å². The third kappa shape index (κ3) is 8.50. The molecule has 7 heteroatoms. The first-order valence-corrected chi connectivity index (χ1v) is 12.4. The Balaban J connectivity index is 1.88. The number of hydrogen-bond acceptors (Lipinski definition) is 6. The van der Waals surface area contributed by atoms with Crippen LogP contribution in [-0.2, 0) is 16.0 Å². The van der Waals surface area contributed by atoms with Crippen LogP contribution in [0.5, 0.6) is 11.5 Å². The van der Waals surface area contributed by atoms with Gasteiger partial charge in [-0.05, 0) is 37.5 Å². The predicted molar refractivity (Wildman–Crippen MR) is 133 cm³/mol. The molecule has 0 bridgehead atoms. The zero-order valence-electron chi connectivity index (χ0n) is 21.4. The molecule has 0 spiro atoms. The molecule has 1 aromatic carbocycles. The molecule has 1 aromatic heterocycles. The number of carbonyl (C=O) groups excluding carboxylic acids is 2. The summed E-state index contributed by atoms with van der Waals surface area (Å²) >= 11 is 0. The van der Waals surface area contributed by atoms with Gasteiger partial charge in [0, 0.05) is 12.1 Å². The molecule has 0 fully saturated rings. The Hall–Kier alpha value is -2.83. The van der Waals surface area contributed by atoms with Gasteiger partial charge in [-0.15, -0.1) is 0 Å². The van der Waals surface area contributed by atoms with Crippen LogP contribution in [0.3, 0.4) is 0 Å². The molecule has 1 amide bonds. The summed E-state index contributed by atoms with van der Waals surface area (Å²) in [5.74, 6) is 2.37. The minimum Gasteiger partial charge on any atom is -0.493 e. The molecule has 0 atom stereocenters. The van der Waals surface area contributed by atoms with Crippen molar-refractivity contribution in [3.05, 3.63) is 29.7 Å². The number of amides is 1. The average molecular weight is 473 g/mol. The number of aromatic nitrogens is 1. The quantitative estimate of drug-likeness (QED) is 0.317. The van der Waals surface area contributed by atoms with E-state index in [2.05, 4.69) is 24.1 Å². The maximum absolute atomic E-state index is 12.5. The van der Waals surface area contributed by atoms with Crippen LogP contribution in [0.1, 0.15) is 76.7 Å². The molecule has 0 saturated carbocycles. The first kappa shape index (κ1) is 27.4. The Labute approximate surface area is 203 Å². The summed E-state index contributed by atoms with van der Waals surface area (Å²) in [7, 11) is 3.14. The van der Waals surface area contributed by atoms with Crippen LogP contribution in [-0.4, -0.2) is 37.4 Å². The first-order valence-electron chi connectivity index (χ1n) is 12.4. The Morgan fingerprint density at radius 2 is 1.71 bits per heavy atom. The number of carbonyl (C=O) groups is 2. The van der Waals surface area contributed by atoms with Crippen LogP contribution in [0.15, 0.2) is 22.6 Å². The summed E-state index contributed by atoms with van der Waals surface area (Å²) in [6.45, 7) is 6.80. The molecule has 1 N–H and O–H groups in total. The molecule has 0 radical (unpaired) electrons. The van der Waals surface area contributed by atoms with Gasteiger partial charge < -0.3 is 19.2 Å². The third-order valence-corrected chi connectivity index (χ3v) is 6.05. The van der Waals surface area contributed by atoms with Gasteiger partial charge in [0.05, 0.1) is 32.8 Å². The summed E-state index contributed by atoms with van der Waals surface area (Å²) in [6, 6.07) is 5.37. The van der Waals surface area contributed by atoms with Crippen LogP contribution < -0.4 is 14.8 Å². The number of Topliss-reactive ketones (excluding diaryl/α,β-unsaturated/α-hetero) is 1. The normalized spacial score (nSPS) is 11.0. The largest absolute Gasteiger partial charge is 0.493 e. The fourth-order valence-electron chi connectivity index (χ4n) is 4.01. The number of ketones is 1. The summed E-state index contributed by atoms with van der Waals surface area (Å²) in [5, 5.41) is 2.92. The molecular formula is C27H40N2O5. The monoisotopic (exact) mass is 472 g/mol. The molecule has 0 aliphatic heterocycles. The van der Waals surface area contributed by atoms with Crippen LogP contribution in [0.25, 0.3) is 11.5 Å². The van der Waals surface area contributed by atoms with E-state index in [1.165, 1.54) is 38.5 Å². The van der Waals surface area contributed by atoms with Gasteiger partial charge in [0.25, 0.3) is 0 Å². The number of unbranched alkanes of at least 4 members (excludes halogenated alkanes) is 2. The van der Waals surface area contributed by atoms with Crippen molar-refractivity contribution < 1.29 is 23.5 Å². The predicted octanol–water partition coefficient (Wildman–Crippen LogP) is 5.67. The molecule has 0 aliphatic rings. The number of methoxy groups -OCH3 is 2. The highest BCUT2D eigenvalue weighted by molar-refractivity contribution is 5.98. The number of nitrogens with one attached hydrogen (secondary N) is 1. The highest BCUT2D eigenvalue weighted by atomic mass is 16.5. The van der Waals surface area contributed by atoms with Crippen LogP contribution >= 0.6 is 0 Å². The van der Waals surface area contributed by atoms with Crippen LogP contribution in [0.4, 0.5) is 0 Å². The number of aryl methyl sites for hydroxylation is 1. The summed E-state index contributed by atoms with van der Waals surface area (Å²) in [4.78, 5) is 29.3. The van der Waals surface area contributed by atoms with Gasteiger partial charge in [0.1, 0.15) is 11.5 Å². The van der Waals surface area contributed by atoms with Gasteiger partial charge in [-0.25, -0.2) is 4.98 Å². The minimum atomic E-state index is -0.226. The van der Waals surface area contributed by atoms with Crippen molar-refractivity contribution in [3.8, 4) is 23.0 Å². The Morgan fingerprint density at radius 3 is 2.32 bits per heavy atom. The van der Waals surface area contributed by atoms with E-state index in [4.69, 9.17) is 13.9 Å². The van der Waals surface area contributed by atoms with Gasteiger partial charge >= 0.3 is 0 Å². The Morgan fingerprint density at radius 1 is 1.03 bits per heavy atom. The van der Waals surface area contributed by atoms with Crippen molar-refractivity contribution in [2.24, 2.45) is 5.92 Å². The SMILES string of the molecule is CCCCC(CCCC)CCNC(=O)CC(=O)Cc1nc(-c2ccc(OC)c(OC)c2)oc1C. The number of benzene rings is 1. The number of ether oxygens (including phenoxy) is 2. The van der Waals surface area contributed by atoms with Crippen molar-refractivity contribution in [3.63, 3.8) is 0 Å². The van der Waals surface area contributed by atoms with E-state index in [-0.39, 0.29) is 24.5 Å². The van der Waals surface area contributed by atoms with Crippen LogP contribution in [0, 0.1) is 12.8 Å². The summed E-state index contributed by atoms with van der Waals surface area (Å²) in [6.07, 6.45) is 8.14. The van der Waals surface area contributed by atoms with Crippen LogP contribution in [0.2, 0.25) is 0 Å². The lowest BCUT2D eigenvalue weighted by molar-refractivity contribution is -0.127. The lowest BCUT2D eigenvalue weighted by atomic mass is 9.93. The van der Waals surface area contributed by atoms with Gasteiger partial charge in [0.2, 0.25) is 11.8 Å². The molecule has 188 valence electrons. The van der Waals surface area contributed by atoms with Crippen molar-refractivity contribution in [2.45, 2.75) is 78.6 Å². The van der Waals surface area contributed by atoms with Crippen molar-refractivity contribution in [1.29, 1.82) is 0 Å². The van der Waals surface area contributed by atoms with E-state index in [0.29, 0.717) is 41.3 Å². The molecule has 7 nitrogen and oxygen atoms in total. The van der Waals surface area contributed by atoms with E-state index in [1.54, 1.807) is 33.3 Å². The zero-order chi connectivity index (χ0) is 24.9. The average Bonchev–Trinajstić information content (AvgIpc) is 3.19. The molecular weight excluding hydrogens is 432 g/mol. The number of rotatable bonds is 16. The lowest BCUT2D eigenvalue weighted by Gasteiger charge is -2.16. The number of hydrogen-bond donors (Lipinski definition) is 1. The molecule has 0 saturated heterocycles. The molecule has 34 heavy (non-hydrogen) atoms. The van der Waals surface area contributed by atoms with E-state index in [1.807, 2.05) is 6.07 Å². The minimum absolute atomic E-state index is 0.0612. The maximum Gasteiger partial charge on any atom is 0.227 e. The molecule has 1 heterocycles. The Kier molecular flexibility index (Phi) is 11.6. The topological polar surface area (TPSA) is 90.7 Å². The second-order valence-corrected chi connectivity index (χ2v) is 8.77. The lowest BCUT2D eigenvalue weighted by Crippen LogP contribution is -2.28. The highest BCUT2D eigenvalue weighted by Crippen LogP contribution is 2.32. The van der Waals surface area contributed by atoms with Crippen molar-refractivity contribution in [2.75, 3.05) is 20.8 Å². The summed E-state index contributed by atoms with van der Waals surface area (Å²) in [5.41, 5.74) is 1.26. The second-order valence-electron chi connectivity index (χ2n) is 8.77. The Bertz CT molecular complexity index is 914. The van der Waals surface area contributed by atoms with E-state index in [0.717, 1.165) is 12.0 Å². The smallest absolute Gasteiger partial charge is 0.227 e. The third-order valence-electron chi connectivity index (χ3n) is 6.05. The molecule has 0 aliphatic carbocycles. The van der Waals surface area contributed by atoms with E-state index >= 15 is 0 Å². The summed E-state index contributed by atoms with van der Waals surface area (Å²) < 4.78 is 16.4. The second kappa shape index (κ2) is 14.4. The van der Waals surface area contributed by atoms with E-state index in [9.17, 15) is 9.59 Å². The molecule has 2 rings (SSSR count). The number of oxazole rings is 1. The fourth-order valence-corrected chi connectivity index (χ4v) is 4.01. The zero-order valence-corrected chi connectivity index (χ0v) is 21.4. The fraction of sp³-hybridized carbons (Fsp3) is 0.593. The van der Waals surface area contributed by atoms with Crippen molar-refractivity contribution in [1.82, 2.24) is 10.3 Å². The maximum atomic E-state index is 12.5. The van der Waals surface area contributed by atoms with Gasteiger partial charge in [-0.3, -0.25) is 9.59 Å². The number of nitrogens with zero attached hydrogens (tertiary/aromatic N) is 1. The van der Waals surface area contributed by atoms with Gasteiger partial charge in [-0.1, -0.05) is 52.4 Å². The molecule has 2 aromatic rings. The van der Waals surface area contributed by atoms with E-state index < -0.39 is 0 Å². The molecule has 0 unspecified atom stereocenters. The highest BCUT2D eigenvalue weighted by Gasteiger charge is 2.18.